The van der Waals surface area contributed by atoms with E-state index in [-0.39, 0.29) is 12.2 Å². The molecule has 0 saturated heterocycles. The summed E-state index contributed by atoms with van der Waals surface area (Å²) in [4.78, 5) is 0. The Hall–Kier alpha value is -0.560. The summed E-state index contributed by atoms with van der Waals surface area (Å²) in [5.41, 5.74) is 0. The van der Waals surface area contributed by atoms with Crippen LogP contribution in [0.25, 0.3) is 0 Å². The molecule has 0 fully saturated rings. The highest BCUT2D eigenvalue weighted by Crippen LogP contribution is 2.27. The highest BCUT2D eigenvalue weighted by molar-refractivity contribution is 4.89. The summed E-state index contributed by atoms with van der Waals surface area (Å²) in [7, 11) is 0. The van der Waals surface area contributed by atoms with Crippen molar-refractivity contribution in [2.75, 3.05) is 0 Å². The molecule has 0 aliphatic carbocycles. The van der Waals surface area contributed by atoms with Crippen LogP contribution in [-0.4, -0.2) is 12.2 Å². The highest BCUT2D eigenvalue weighted by Gasteiger charge is 2.20. The van der Waals surface area contributed by atoms with Gasteiger partial charge in [-0.25, -0.2) is 0 Å². The third-order valence-electron chi connectivity index (χ3n) is 5.83. The molecule has 1 nitrogen and oxygen atoms in total. The Morgan fingerprint density at radius 2 is 1.00 bits per heavy atom. The summed E-state index contributed by atoms with van der Waals surface area (Å²) in [5, 5.41) is 0. The van der Waals surface area contributed by atoms with E-state index in [0.717, 1.165) is 24.7 Å². The Morgan fingerprint density at radius 3 is 1.30 bits per heavy atom. The Bertz CT molecular complexity index is 303. The van der Waals surface area contributed by atoms with E-state index in [1.54, 1.807) is 0 Å². The van der Waals surface area contributed by atoms with E-state index in [1.165, 1.54) is 77.0 Å². The minimum absolute atomic E-state index is 0.170. The molecule has 160 valence electrons. The second-order valence-corrected chi connectivity index (χ2v) is 8.46. The molecule has 0 radical (unpaired) electrons. The molecular weight excluding hydrogens is 328 g/mol. The maximum Gasteiger partial charge on any atom is 0.0763 e. The molecule has 0 bridgehead atoms. The second kappa shape index (κ2) is 18.8. The van der Waals surface area contributed by atoms with Crippen molar-refractivity contribution in [2.24, 2.45) is 11.8 Å². The molecule has 4 atom stereocenters. The first-order chi connectivity index (χ1) is 13.1. The largest absolute Gasteiger partial charge is 0.367 e. The monoisotopic (exact) mass is 378 g/mol. The van der Waals surface area contributed by atoms with Crippen LogP contribution in [0, 0.1) is 11.8 Å². The lowest BCUT2D eigenvalue weighted by Gasteiger charge is -2.27. The smallest absolute Gasteiger partial charge is 0.0763 e. The van der Waals surface area contributed by atoms with E-state index in [1.807, 2.05) is 12.2 Å². The Balaban J connectivity index is 4.63. The standard InChI is InChI=1S/C26H50O/c1-7-13-15-19-23(17-9-3)21-25(11-5)27-26(12-6)22-24(18-10-4)20-16-14-8-2/h11-12,23-26H,5-10,13-22H2,1-4H3. The highest BCUT2D eigenvalue weighted by atomic mass is 16.5. The van der Waals surface area contributed by atoms with Gasteiger partial charge in [-0.1, -0.05) is 117 Å². The fraction of sp³-hybridized carbons (Fsp3) is 0.846. The van der Waals surface area contributed by atoms with Crippen LogP contribution in [0.1, 0.15) is 118 Å². The minimum atomic E-state index is 0.170. The Morgan fingerprint density at radius 1 is 0.593 bits per heavy atom. The lowest BCUT2D eigenvalue weighted by atomic mass is 9.89. The number of unbranched alkanes of at least 4 members (excludes halogenated alkanes) is 4. The summed E-state index contributed by atoms with van der Waals surface area (Å²) < 4.78 is 6.48. The topological polar surface area (TPSA) is 9.23 Å². The van der Waals surface area contributed by atoms with Gasteiger partial charge in [0.25, 0.3) is 0 Å². The van der Waals surface area contributed by atoms with Gasteiger partial charge in [0.1, 0.15) is 0 Å². The zero-order valence-corrected chi connectivity index (χ0v) is 19.2. The average Bonchev–Trinajstić information content (AvgIpc) is 2.67. The zero-order chi connectivity index (χ0) is 20.3. The van der Waals surface area contributed by atoms with Crippen molar-refractivity contribution in [2.45, 2.75) is 130 Å². The van der Waals surface area contributed by atoms with Crippen LogP contribution in [0.15, 0.2) is 25.3 Å². The molecule has 0 spiro atoms. The van der Waals surface area contributed by atoms with Crippen molar-refractivity contribution in [3.63, 3.8) is 0 Å². The SMILES string of the molecule is C=CC(CC(CCC)CCCCC)OC(C=C)CC(CCC)CCCCC. The molecule has 4 unspecified atom stereocenters. The van der Waals surface area contributed by atoms with Crippen molar-refractivity contribution in [3.8, 4) is 0 Å². The van der Waals surface area contributed by atoms with Gasteiger partial charge in [0.15, 0.2) is 0 Å². The Kier molecular flexibility index (Phi) is 18.4. The van der Waals surface area contributed by atoms with E-state index in [2.05, 4.69) is 40.9 Å². The van der Waals surface area contributed by atoms with Gasteiger partial charge in [-0.05, 0) is 24.7 Å². The molecule has 1 heteroatoms. The fourth-order valence-corrected chi connectivity index (χ4v) is 4.24. The summed E-state index contributed by atoms with van der Waals surface area (Å²) >= 11 is 0. The molecule has 0 N–H and O–H groups in total. The molecule has 0 aromatic heterocycles. The molecule has 0 saturated carbocycles. The predicted molar refractivity (Wildman–Crippen MR) is 123 cm³/mol. The van der Waals surface area contributed by atoms with E-state index in [9.17, 15) is 0 Å². The van der Waals surface area contributed by atoms with Gasteiger partial charge >= 0.3 is 0 Å². The summed E-state index contributed by atoms with van der Waals surface area (Å²) in [6.45, 7) is 17.3. The van der Waals surface area contributed by atoms with Crippen LogP contribution in [0.2, 0.25) is 0 Å². The molecule has 0 aliphatic heterocycles. The third-order valence-corrected chi connectivity index (χ3v) is 5.83. The van der Waals surface area contributed by atoms with Crippen molar-refractivity contribution in [3.05, 3.63) is 25.3 Å². The number of hydrogen-bond acceptors (Lipinski definition) is 1. The number of hydrogen-bond donors (Lipinski definition) is 0. The summed E-state index contributed by atoms with van der Waals surface area (Å²) in [6, 6.07) is 0. The van der Waals surface area contributed by atoms with Crippen LogP contribution < -0.4 is 0 Å². The second-order valence-electron chi connectivity index (χ2n) is 8.46. The maximum absolute atomic E-state index is 6.48. The van der Waals surface area contributed by atoms with Crippen LogP contribution in [-0.2, 0) is 4.74 Å². The van der Waals surface area contributed by atoms with Gasteiger partial charge in [0.05, 0.1) is 12.2 Å². The van der Waals surface area contributed by atoms with Crippen LogP contribution in [0.5, 0.6) is 0 Å². The lowest BCUT2D eigenvalue weighted by molar-refractivity contribution is 0.0124. The zero-order valence-electron chi connectivity index (χ0n) is 19.2. The van der Waals surface area contributed by atoms with E-state index >= 15 is 0 Å². The molecular formula is C26H50O. The first-order valence-electron chi connectivity index (χ1n) is 12.0. The molecule has 27 heavy (non-hydrogen) atoms. The molecule has 0 amide bonds. The normalized spacial score (nSPS) is 15.9. The van der Waals surface area contributed by atoms with Gasteiger partial charge < -0.3 is 4.74 Å². The van der Waals surface area contributed by atoms with Crippen LogP contribution >= 0.6 is 0 Å². The van der Waals surface area contributed by atoms with E-state index in [4.69, 9.17) is 4.74 Å². The van der Waals surface area contributed by atoms with Crippen LogP contribution in [0.3, 0.4) is 0 Å². The summed E-state index contributed by atoms with van der Waals surface area (Å²) in [5.74, 6) is 1.54. The fourth-order valence-electron chi connectivity index (χ4n) is 4.24. The quantitative estimate of drug-likeness (QED) is 0.152. The van der Waals surface area contributed by atoms with E-state index in [0.29, 0.717) is 0 Å². The van der Waals surface area contributed by atoms with Gasteiger partial charge in [-0.2, -0.15) is 0 Å². The molecule has 0 aromatic rings. The van der Waals surface area contributed by atoms with Crippen LogP contribution in [0.4, 0.5) is 0 Å². The summed E-state index contributed by atoms with van der Waals surface area (Å²) in [6.07, 6.45) is 22.5. The predicted octanol–water partition coefficient (Wildman–Crippen LogP) is 8.89. The number of ether oxygens (including phenoxy) is 1. The van der Waals surface area contributed by atoms with E-state index < -0.39 is 0 Å². The maximum atomic E-state index is 6.48. The first-order valence-corrected chi connectivity index (χ1v) is 12.0. The van der Waals surface area contributed by atoms with Crippen molar-refractivity contribution in [1.29, 1.82) is 0 Å². The number of rotatable bonds is 20. The molecule has 0 aliphatic rings. The molecule has 0 heterocycles. The first kappa shape index (κ1) is 26.4. The van der Waals surface area contributed by atoms with Crippen molar-refractivity contribution < 1.29 is 4.74 Å². The molecule has 0 rings (SSSR count). The van der Waals surface area contributed by atoms with Gasteiger partial charge in [0.2, 0.25) is 0 Å². The van der Waals surface area contributed by atoms with Gasteiger partial charge in [-0.15, -0.1) is 13.2 Å². The average molecular weight is 379 g/mol. The Labute approximate surface area is 172 Å². The van der Waals surface area contributed by atoms with Gasteiger partial charge in [-0.3, -0.25) is 0 Å². The van der Waals surface area contributed by atoms with Crippen molar-refractivity contribution in [1.82, 2.24) is 0 Å². The minimum Gasteiger partial charge on any atom is -0.367 e. The molecule has 0 aromatic carbocycles. The van der Waals surface area contributed by atoms with Crippen molar-refractivity contribution >= 4 is 0 Å². The lowest BCUT2D eigenvalue weighted by Crippen LogP contribution is -2.24. The third kappa shape index (κ3) is 14.1. The van der Waals surface area contributed by atoms with Gasteiger partial charge in [0, 0.05) is 0 Å².